The zero-order valence-electron chi connectivity index (χ0n) is 18.1. The van der Waals surface area contributed by atoms with Crippen molar-refractivity contribution in [2.24, 2.45) is 0 Å². The molecule has 0 aliphatic carbocycles. The molecule has 3 aromatic rings. The smallest absolute Gasteiger partial charge is 0.262 e. The van der Waals surface area contributed by atoms with E-state index in [1.54, 1.807) is 12.1 Å². The number of benzene rings is 3. The fourth-order valence-electron chi connectivity index (χ4n) is 3.10. The van der Waals surface area contributed by atoms with Crippen molar-refractivity contribution in [1.29, 1.82) is 5.26 Å². The van der Waals surface area contributed by atoms with Crippen molar-refractivity contribution in [2.45, 2.75) is 13.8 Å². The zero-order valence-corrected chi connectivity index (χ0v) is 19.7. The number of aryl methyl sites for hydroxylation is 2. The van der Waals surface area contributed by atoms with Crippen molar-refractivity contribution >= 4 is 39.2 Å². The van der Waals surface area contributed by atoms with Gasteiger partial charge in [-0.15, -0.1) is 0 Å². The molecule has 0 heterocycles. The van der Waals surface area contributed by atoms with Crippen LogP contribution in [0.5, 0.6) is 11.5 Å². The highest BCUT2D eigenvalue weighted by Crippen LogP contribution is 2.37. The average molecular weight is 491 g/mol. The van der Waals surface area contributed by atoms with Gasteiger partial charge in [0.25, 0.3) is 5.91 Å². The van der Waals surface area contributed by atoms with Gasteiger partial charge in [0.05, 0.1) is 23.2 Å². The van der Waals surface area contributed by atoms with Gasteiger partial charge in [-0.1, -0.05) is 42.0 Å². The van der Waals surface area contributed by atoms with E-state index in [4.69, 9.17) is 9.47 Å². The predicted molar refractivity (Wildman–Crippen MR) is 131 cm³/mol. The van der Waals surface area contributed by atoms with Crippen LogP contribution in [-0.2, 0) is 4.79 Å². The highest BCUT2D eigenvalue weighted by atomic mass is 79.9. The molecule has 3 aromatic carbocycles. The summed E-state index contributed by atoms with van der Waals surface area (Å²) in [6.07, 6.45) is 1.78. The lowest BCUT2D eigenvalue weighted by atomic mass is 10.0. The number of carbonyl (C=O) groups is 1. The lowest BCUT2D eigenvalue weighted by Crippen LogP contribution is -2.20. The van der Waals surface area contributed by atoms with Crippen LogP contribution in [0, 0.1) is 25.2 Å². The lowest BCUT2D eigenvalue weighted by molar-refractivity contribution is -0.118. The number of methoxy groups -OCH3 is 1. The van der Waals surface area contributed by atoms with Gasteiger partial charge in [0, 0.05) is 5.69 Å². The van der Waals surface area contributed by atoms with E-state index in [1.165, 1.54) is 7.11 Å². The van der Waals surface area contributed by atoms with Gasteiger partial charge < -0.3 is 14.8 Å². The number of nitrogens with zero attached hydrogens (tertiary/aromatic N) is 1. The molecule has 0 radical (unpaired) electrons. The van der Waals surface area contributed by atoms with Gasteiger partial charge in [-0.05, 0) is 76.8 Å². The van der Waals surface area contributed by atoms with Crippen LogP contribution >= 0.6 is 15.9 Å². The number of anilines is 1. The Morgan fingerprint density at radius 3 is 2.50 bits per heavy atom. The summed E-state index contributed by atoms with van der Waals surface area (Å²) in [5.74, 6) is 0.590. The number of ether oxygens (including phenoxy) is 2. The Labute approximate surface area is 196 Å². The minimum absolute atomic E-state index is 0.176. The molecule has 0 unspecified atom stereocenters. The third-order valence-electron chi connectivity index (χ3n) is 4.70. The monoisotopic (exact) mass is 490 g/mol. The van der Waals surface area contributed by atoms with Crippen LogP contribution < -0.4 is 14.8 Å². The molecule has 0 saturated heterocycles. The molecule has 0 fully saturated rings. The summed E-state index contributed by atoms with van der Waals surface area (Å²) in [6.45, 7) is 3.78. The highest BCUT2D eigenvalue weighted by molar-refractivity contribution is 9.10. The number of halogens is 1. The van der Waals surface area contributed by atoms with E-state index in [2.05, 4.69) is 27.3 Å². The number of rotatable bonds is 7. The average Bonchev–Trinajstić information content (AvgIpc) is 2.77. The fraction of sp³-hybridized carbons (Fsp3) is 0.154. The van der Waals surface area contributed by atoms with E-state index in [0.717, 1.165) is 22.3 Å². The van der Waals surface area contributed by atoms with E-state index in [-0.39, 0.29) is 12.5 Å². The van der Waals surface area contributed by atoms with Gasteiger partial charge >= 0.3 is 0 Å². The largest absolute Gasteiger partial charge is 0.493 e. The third kappa shape index (κ3) is 5.99. The van der Waals surface area contributed by atoms with E-state index in [1.807, 2.05) is 68.4 Å². The molecule has 1 amide bonds. The molecule has 0 spiro atoms. The van der Waals surface area contributed by atoms with Gasteiger partial charge in [-0.25, -0.2) is 0 Å². The molecular formula is C26H23BrN2O3. The SMILES string of the molecule is COc1cc(/C=C(\C#N)c2ccc(C)cc2)cc(Br)c1OCC(=O)Nc1cccc(C)c1. The van der Waals surface area contributed by atoms with Crippen molar-refractivity contribution in [2.75, 3.05) is 19.0 Å². The van der Waals surface area contributed by atoms with Crippen molar-refractivity contribution in [3.8, 4) is 17.6 Å². The molecule has 0 aromatic heterocycles. The van der Waals surface area contributed by atoms with E-state index in [0.29, 0.717) is 27.2 Å². The number of hydrogen-bond donors (Lipinski definition) is 1. The third-order valence-corrected chi connectivity index (χ3v) is 5.28. The minimum Gasteiger partial charge on any atom is -0.493 e. The molecule has 162 valence electrons. The molecule has 5 nitrogen and oxygen atoms in total. The van der Waals surface area contributed by atoms with E-state index < -0.39 is 0 Å². The quantitative estimate of drug-likeness (QED) is 0.318. The summed E-state index contributed by atoms with van der Waals surface area (Å²) in [6, 6.07) is 21.2. The molecule has 0 atom stereocenters. The van der Waals surface area contributed by atoms with Crippen molar-refractivity contribution in [3.63, 3.8) is 0 Å². The first-order valence-electron chi connectivity index (χ1n) is 9.95. The van der Waals surface area contributed by atoms with Crippen molar-refractivity contribution in [1.82, 2.24) is 0 Å². The summed E-state index contributed by atoms with van der Waals surface area (Å²) < 4.78 is 11.8. The Morgan fingerprint density at radius 2 is 1.84 bits per heavy atom. The van der Waals surface area contributed by atoms with E-state index >= 15 is 0 Å². The minimum atomic E-state index is -0.278. The van der Waals surface area contributed by atoms with Gasteiger partial charge in [0.2, 0.25) is 0 Å². The molecule has 6 heteroatoms. The Bertz CT molecular complexity index is 1190. The molecular weight excluding hydrogens is 468 g/mol. The number of nitriles is 1. The van der Waals surface area contributed by atoms with Crippen LogP contribution in [0.15, 0.2) is 65.1 Å². The van der Waals surface area contributed by atoms with Gasteiger partial charge in [0.15, 0.2) is 18.1 Å². The normalized spacial score (nSPS) is 10.9. The topological polar surface area (TPSA) is 71.3 Å². The van der Waals surface area contributed by atoms with Gasteiger partial charge in [-0.3, -0.25) is 4.79 Å². The molecule has 0 bridgehead atoms. The maximum Gasteiger partial charge on any atom is 0.262 e. The molecule has 32 heavy (non-hydrogen) atoms. The first-order chi connectivity index (χ1) is 15.4. The summed E-state index contributed by atoms with van der Waals surface area (Å²) >= 11 is 3.49. The van der Waals surface area contributed by atoms with Gasteiger partial charge in [0.1, 0.15) is 0 Å². The van der Waals surface area contributed by atoms with Crippen molar-refractivity contribution in [3.05, 3.63) is 87.4 Å². The van der Waals surface area contributed by atoms with Crippen LogP contribution in [0.1, 0.15) is 22.3 Å². The second kappa shape index (κ2) is 10.7. The Kier molecular flexibility index (Phi) is 7.69. The van der Waals surface area contributed by atoms with Crippen LogP contribution in [0.2, 0.25) is 0 Å². The Balaban J connectivity index is 1.78. The first kappa shape index (κ1) is 23.1. The van der Waals surface area contributed by atoms with Crippen LogP contribution in [0.4, 0.5) is 5.69 Å². The lowest BCUT2D eigenvalue weighted by Gasteiger charge is -2.14. The number of amides is 1. The summed E-state index contributed by atoms with van der Waals surface area (Å²) in [5.41, 5.74) is 5.03. The number of carbonyl (C=O) groups excluding carboxylic acids is 1. The number of nitrogens with one attached hydrogen (secondary N) is 1. The standard InChI is InChI=1S/C26H23BrN2O3/c1-17-7-9-20(10-8-17)21(15-28)12-19-13-23(27)26(24(14-19)31-3)32-16-25(30)29-22-6-4-5-18(2)11-22/h4-14H,16H2,1-3H3,(H,29,30)/b21-12+. The van der Waals surface area contributed by atoms with Crippen molar-refractivity contribution < 1.29 is 14.3 Å². The first-order valence-corrected chi connectivity index (χ1v) is 10.7. The summed E-state index contributed by atoms with van der Waals surface area (Å²) in [7, 11) is 1.53. The maximum atomic E-state index is 12.3. The van der Waals surface area contributed by atoms with Gasteiger partial charge in [-0.2, -0.15) is 5.26 Å². The molecule has 3 rings (SSSR count). The molecule has 1 N–H and O–H groups in total. The van der Waals surface area contributed by atoms with Crippen LogP contribution in [-0.4, -0.2) is 19.6 Å². The summed E-state index contributed by atoms with van der Waals surface area (Å²) in [5, 5.41) is 12.4. The second-order valence-corrected chi connectivity index (χ2v) is 8.13. The maximum absolute atomic E-state index is 12.3. The fourth-order valence-corrected chi connectivity index (χ4v) is 3.67. The molecule has 0 aliphatic rings. The highest BCUT2D eigenvalue weighted by Gasteiger charge is 2.14. The number of allylic oxidation sites excluding steroid dienone is 1. The molecule has 0 saturated carbocycles. The zero-order chi connectivity index (χ0) is 23.1. The van der Waals surface area contributed by atoms with Crippen LogP contribution in [0.3, 0.4) is 0 Å². The Hall–Kier alpha value is -3.56. The predicted octanol–water partition coefficient (Wildman–Crippen LogP) is 6.16. The molecule has 0 aliphatic heterocycles. The summed E-state index contributed by atoms with van der Waals surface area (Å²) in [4.78, 5) is 12.3. The van der Waals surface area contributed by atoms with Crippen LogP contribution in [0.25, 0.3) is 11.6 Å². The number of hydrogen-bond acceptors (Lipinski definition) is 4. The second-order valence-electron chi connectivity index (χ2n) is 7.28. The Morgan fingerprint density at radius 1 is 1.09 bits per heavy atom. The van der Waals surface area contributed by atoms with E-state index in [9.17, 15) is 10.1 Å².